The standard InChI is InChI=1S/C34H57NO8/c1-10-11-12-22(5)32(43-34(35)41)25(8)30(38)21(4)14-13-19(2)17-23(6)29(37)20(3)15-16-27(36)18-28-24(7)31(39)26(9)33(40)42-28/h10-12,15-17,20-32,36-39H,1,13-14,18H2,2-9H3,(H2,35,41)/b12-11-,16-15-,19-17-/t20?,21-,22-,23-,24-,25-,26+,27+,28-,29-,30+,31-,32-/m0/s1. The zero-order valence-corrected chi connectivity index (χ0v) is 27.3. The van der Waals surface area contributed by atoms with E-state index in [0.29, 0.717) is 6.42 Å². The van der Waals surface area contributed by atoms with Crippen LogP contribution in [0.3, 0.4) is 0 Å². The third-order valence-corrected chi connectivity index (χ3v) is 8.97. The predicted molar refractivity (Wildman–Crippen MR) is 169 cm³/mol. The molecule has 1 rings (SSSR count). The number of amides is 1. The number of primary amides is 1. The summed E-state index contributed by atoms with van der Waals surface area (Å²) < 4.78 is 10.8. The smallest absolute Gasteiger partial charge is 0.404 e. The lowest BCUT2D eigenvalue weighted by atomic mass is 9.82. The third-order valence-electron chi connectivity index (χ3n) is 8.97. The summed E-state index contributed by atoms with van der Waals surface area (Å²) >= 11 is 0. The first kappa shape index (κ1) is 38.6. The Morgan fingerprint density at radius 1 is 1.02 bits per heavy atom. The molecule has 0 aromatic heterocycles. The maximum Gasteiger partial charge on any atom is 0.404 e. The molecule has 1 unspecified atom stereocenters. The third kappa shape index (κ3) is 12.2. The monoisotopic (exact) mass is 607 g/mol. The van der Waals surface area contributed by atoms with E-state index in [4.69, 9.17) is 15.2 Å². The van der Waals surface area contributed by atoms with Crippen molar-refractivity contribution < 1.29 is 39.5 Å². The molecular weight excluding hydrogens is 550 g/mol. The fourth-order valence-electron chi connectivity index (χ4n) is 5.81. The van der Waals surface area contributed by atoms with E-state index in [-0.39, 0.29) is 41.9 Å². The topological polar surface area (TPSA) is 160 Å². The highest BCUT2D eigenvalue weighted by molar-refractivity contribution is 5.73. The van der Waals surface area contributed by atoms with E-state index in [9.17, 15) is 30.0 Å². The minimum absolute atomic E-state index is 0.0769. The number of carbonyl (C=O) groups is 2. The molecule has 1 aliphatic rings. The number of rotatable bonds is 17. The lowest BCUT2D eigenvalue weighted by molar-refractivity contribution is -0.179. The summed E-state index contributed by atoms with van der Waals surface area (Å²) in [6, 6.07) is 0. The van der Waals surface area contributed by atoms with Crippen LogP contribution in [0.5, 0.6) is 0 Å². The van der Waals surface area contributed by atoms with Crippen molar-refractivity contribution in [2.75, 3.05) is 0 Å². The van der Waals surface area contributed by atoms with Gasteiger partial charge in [0, 0.05) is 36.0 Å². The van der Waals surface area contributed by atoms with Crippen molar-refractivity contribution in [3.8, 4) is 0 Å². The van der Waals surface area contributed by atoms with Crippen LogP contribution in [-0.2, 0) is 14.3 Å². The molecule has 0 radical (unpaired) electrons. The molecule has 0 aliphatic carbocycles. The number of nitrogens with two attached hydrogens (primary N) is 1. The first-order chi connectivity index (χ1) is 20.0. The molecule has 1 saturated heterocycles. The van der Waals surface area contributed by atoms with E-state index in [1.165, 1.54) is 0 Å². The van der Waals surface area contributed by atoms with E-state index in [0.717, 1.165) is 12.0 Å². The van der Waals surface area contributed by atoms with Crippen LogP contribution < -0.4 is 5.73 Å². The second kappa shape index (κ2) is 18.4. The van der Waals surface area contributed by atoms with Gasteiger partial charge in [-0.3, -0.25) is 4.79 Å². The van der Waals surface area contributed by atoms with Crippen LogP contribution in [-0.4, -0.2) is 69.1 Å². The molecule has 9 heteroatoms. The Morgan fingerprint density at radius 2 is 1.65 bits per heavy atom. The lowest BCUT2D eigenvalue weighted by Gasteiger charge is -2.36. The SMILES string of the molecule is C=C/C=C\[C@H](C)[C@H](OC(N)=O)[C@@H](C)[C@H](O)[C@@H](C)CC/C(C)=C\[C@H](C)[C@@H](O)C(C)/C=C\[C@@H](O)C[C@@H]1OC(=O)[C@H](C)[C@@H](O)[C@H]1C. The molecule has 1 amide bonds. The number of cyclic esters (lactones) is 1. The molecule has 1 aliphatic heterocycles. The number of hydrogen-bond acceptors (Lipinski definition) is 8. The van der Waals surface area contributed by atoms with Crippen LogP contribution in [0.4, 0.5) is 4.79 Å². The maximum absolute atomic E-state index is 12.0. The predicted octanol–water partition coefficient (Wildman–Crippen LogP) is 4.69. The maximum atomic E-state index is 12.0. The van der Waals surface area contributed by atoms with E-state index < -0.39 is 54.6 Å². The number of ether oxygens (including phenoxy) is 2. The molecule has 6 N–H and O–H groups in total. The molecule has 0 aromatic rings. The highest BCUT2D eigenvalue weighted by Gasteiger charge is 2.41. The van der Waals surface area contributed by atoms with E-state index in [1.807, 2.05) is 53.7 Å². The number of hydrogen-bond donors (Lipinski definition) is 5. The largest absolute Gasteiger partial charge is 0.462 e. The highest BCUT2D eigenvalue weighted by Crippen LogP contribution is 2.30. The summed E-state index contributed by atoms with van der Waals surface area (Å²) in [5, 5.41) is 42.7. The summed E-state index contributed by atoms with van der Waals surface area (Å²) in [6.45, 7) is 18.6. The van der Waals surface area contributed by atoms with Crippen molar-refractivity contribution in [3.63, 3.8) is 0 Å². The van der Waals surface area contributed by atoms with Gasteiger partial charge in [-0.05, 0) is 32.6 Å². The molecule has 13 atom stereocenters. The van der Waals surface area contributed by atoms with Gasteiger partial charge < -0.3 is 35.6 Å². The fraction of sp³-hybridized carbons (Fsp3) is 0.706. The van der Waals surface area contributed by atoms with Gasteiger partial charge in [-0.15, -0.1) is 0 Å². The van der Waals surface area contributed by atoms with Crippen molar-refractivity contribution in [2.45, 2.75) is 111 Å². The average Bonchev–Trinajstić information content (AvgIpc) is 2.96. The Bertz CT molecular complexity index is 977. The van der Waals surface area contributed by atoms with Crippen molar-refractivity contribution in [1.82, 2.24) is 0 Å². The van der Waals surface area contributed by atoms with Gasteiger partial charge in [0.15, 0.2) is 0 Å². The van der Waals surface area contributed by atoms with Gasteiger partial charge in [-0.2, -0.15) is 0 Å². The molecule has 0 aromatic carbocycles. The first-order valence-electron chi connectivity index (χ1n) is 15.5. The van der Waals surface area contributed by atoms with Crippen LogP contribution in [0.25, 0.3) is 0 Å². The van der Waals surface area contributed by atoms with Crippen LogP contribution in [0, 0.1) is 41.4 Å². The second-order valence-corrected chi connectivity index (χ2v) is 12.8. The zero-order valence-electron chi connectivity index (χ0n) is 27.3. The summed E-state index contributed by atoms with van der Waals surface area (Å²) in [5.74, 6) is -2.31. The van der Waals surface area contributed by atoms with Crippen molar-refractivity contribution in [2.24, 2.45) is 47.2 Å². The summed E-state index contributed by atoms with van der Waals surface area (Å²) in [5.41, 5.74) is 6.38. The Balaban J connectivity index is 2.69. The minimum atomic E-state index is -0.882. The minimum Gasteiger partial charge on any atom is -0.462 e. The Morgan fingerprint density at radius 3 is 2.23 bits per heavy atom. The highest BCUT2D eigenvalue weighted by atomic mass is 16.6. The Labute approximate surface area is 258 Å². The van der Waals surface area contributed by atoms with Gasteiger partial charge >= 0.3 is 12.1 Å². The van der Waals surface area contributed by atoms with Crippen molar-refractivity contribution in [1.29, 1.82) is 0 Å². The summed E-state index contributed by atoms with van der Waals surface area (Å²) in [7, 11) is 0. The van der Waals surface area contributed by atoms with Crippen molar-refractivity contribution >= 4 is 12.1 Å². The van der Waals surface area contributed by atoms with Crippen LogP contribution in [0.2, 0.25) is 0 Å². The molecule has 1 heterocycles. The average molecular weight is 608 g/mol. The molecule has 1 fully saturated rings. The van der Waals surface area contributed by atoms with Gasteiger partial charge in [-0.1, -0.05) is 90.2 Å². The molecule has 0 bridgehead atoms. The van der Waals surface area contributed by atoms with Gasteiger partial charge in [0.05, 0.1) is 30.3 Å². The molecular formula is C34H57NO8. The number of esters is 1. The number of carbonyl (C=O) groups excluding carboxylic acids is 2. The normalized spacial score (nSPS) is 27.9. The van der Waals surface area contributed by atoms with E-state index in [2.05, 4.69) is 6.58 Å². The van der Waals surface area contributed by atoms with Crippen LogP contribution in [0.15, 0.2) is 48.6 Å². The van der Waals surface area contributed by atoms with Crippen LogP contribution in [0.1, 0.15) is 74.7 Å². The van der Waals surface area contributed by atoms with Gasteiger partial charge in [0.1, 0.15) is 12.2 Å². The van der Waals surface area contributed by atoms with Crippen LogP contribution >= 0.6 is 0 Å². The molecule has 0 spiro atoms. The van der Waals surface area contributed by atoms with Gasteiger partial charge in [-0.25, -0.2) is 4.79 Å². The molecule has 246 valence electrons. The van der Waals surface area contributed by atoms with E-state index in [1.54, 1.807) is 38.2 Å². The Hall–Kier alpha value is -2.46. The summed E-state index contributed by atoms with van der Waals surface area (Å²) in [4.78, 5) is 23.5. The second-order valence-electron chi connectivity index (χ2n) is 12.8. The number of aliphatic hydroxyl groups excluding tert-OH is 4. The van der Waals surface area contributed by atoms with Gasteiger partial charge in [0.25, 0.3) is 0 Å². The first-order valence-corrected chi connectivity index (χ1v) is 15.5. The van der Waals surface area contributed by atoms with Gasteiger partial charge in [0.2, 0.25) is 0 Å². The number of allylic oxidation sites excluding steroid dienone is 3. The molecule has 0 saturated carbocycles. The fourth-order valence-corrected chi connectivity index (χ4v) is 5.81. The quantitative estimate of drug-likeness (QED) is 0.0905. The van der Waals surface area contributed by atoms with Crippen molar-refractivity contribution in [3.05, 3.63) is 48.6 Å². The lowest BCUT2D eigenvalue weighted by Crippen LogP contribution is -2.47. The zero-order chi connectivity index (χ0) is 33.0. The number of aliphatic hydroxyl groups is 4. The molecule has 43 heavy (non-hydrogen) atoms. The van der Waals surface area contributed by atoms with E-state index >= 15 is 0 Å². The molecule has 9 nitrogen and oxygen atoms in total. The Kier molecular flexibility index (Phi) is 16.5. The summed E-state index contributed by atoms with van der Waals surface area (Å²) in [6.07, 6.45) is 7.14.